The molecule has 2 aromatic carbocycles. The van der Waals surface area contributed by atoms with Crippen molar-refractivity contribution in [1.29, 1.82) is 0 Å². The SMILES string of the molecule is Cc1cccc(CNC(=O)C(=O)N(C)Cc2ccccc2)c1. The van der Waals surface area contributed by atoms with Crippen LogP contribution in [0.3, 0.4) is 0 Å². The molecular weight excluding hydrogens is 276 g/mol. The summed E-state index contributed by atoms with van der Waals surface area (Å²) in [5.74, 6) is -1.11. The van der Waals surface area contributed by atoms with E-state index < -0.39 is 11.8 Å². The van der Waals surface area contributed by atoms with Crippen LogP contribution in [-0.2, 0) is 22.7 Å². The third-order valence-corrected chi connectivity index (χ3v) is 3.34. The fourth-order valence-electron chi connectivity index (χ4n) is 2.18. The van der Waals surface area contributed by atoms with Crippen LogP contribution in [-0.4, -0.2) is 23.8 Å². The Hall–Kier alpha value is -2.62. The first-order valence-corrected chi connectivity index (χ1v) is 7.19. The van der Waals surface area contributed by atoms with Crippen LogP contribution < -0.4 is 5.32 Å². The van der Waals surface area contributed by atoms with Crippen LogP contribution in [0.1, 0.15) is 16.7 Å². The normalized spacial score (nSPS) is 10.1. The zero-order chi connectivity index (χ0) is 15.9. The van der Waals surface area contributed by atoms with Crippen LogP contribution in [0.15, 0.2) is 54.6 Å². The Balaban J connectivity index is 1.87. The quantitative estimate of drug-likeness (QED) is 0.880. The van der Waals surface area contributed by atoms with E-state index in [9.17, 15) is 9.59 Å². The molecule has 0 radical (unpaired) electrons. The van der Waals surface area contributed by atoms with Gasteiger partial charge in [-0.15, -0.1) is 0 Å². The first-order chi connectivity index (χ1) is 10.6. The van der Waals surface area contributed by atoms with E-state index in [4.69, 9.17) is 0 Å². The van der Waals surface area contributed by atoms with E-state index >= 15 is 0 Å². The fraction of sp³-hybridized carbons (Fsp3) is 0.222. The Morgan fingerprint density at radius 3 is 2.36 bits per heavy atom. The van der Waals surface area contributed by atoms with Crippen molar-refractivity contribution in [2.75, 3.05) is 7.05 Å². The summed E-state index contributed by atoms with van der Waals surface area (Å²) in [4.78, 5) is 25.4. The molecule has 0 aliphatic rings. The van der Waals surface area contributed by atoms with Gasteiger partial charge < -0.3 is 10.2 Å². The molecule has 2 aromatic rings. The first kappa shape index (κ1) is 15.8. The second-order valence-electron chi connectivity index (χ2n) is 5.32. The lowest BCUT2D eigenvalue weighted by Gasteiger charge is -2.16. The van der Waals surface area contributed by atoms with Crippen molar-refractivity contribution in [1.82, 2.24) is 10.2 Å². The molecule has 0 spiro atoms. The molecule has 0 heterocycles. The molecule has 4 heteroatoms. The van der Waals surface area contributed by atoms with Crippen LogP contribution >= 0.6 is 0 Å². The Labute approximate surface area is 130 Å². The van der Waals surface area contributed by atoms with Crippen LogP contribution in [0.4, 0.5) is 0 Å². The lowest BCUT2D eigenvalue weighted by Crippen LogP contribution is -2.40. The van der Waals surface area contributed by atoms with E-state index in [0.29, 0.717) is 13.1 Å². The molecule has 4 nitrogen and oxygen atoms in total. The first-order valence-electron chi connectivity index (χ1n) is 7.19. The van der Waals surface area contributed by atoms with E-state index in [1.807, 2.05) is 61.5 Å². The average Bonchev–Trinajstić information content (AvgIpc) is 2.53. The third kappa shape index (κ3) is 4.45. The van der Waals surface area contributed by atoms with Gasteiger partial charge >= 0.3 is 11.8 Å². The van der Waals surface area contributed by atoms with Crippen molar-refractivity contribution in [3.8, 4) is 0 Å². The van der Waals surface area contributed by atoms with Gasteiger partial charge in [-0.25, -0.2) is 0 Å². The molecule has 0 aliphatic carbocycles. The number of nitrogens with zero attached hydrogens (tertiary/aromatic N) is 1. The molecule has 0 unspecified atom stereocenters. The summed E-state index contributed by atoms with van der Waals surface area (Å²) in [5, 5.41) is 2.66. The number of aryl methyl sites for hydroxylation is 1. The van der Waals surface area contributed by atoms with Crippen molar-refractivity contribution in [2.24, 2.45) is 0 Å². The van der Waals surface area contributed by atoms with E-state index in [-0.39, 0.29) is 0 Å². The lowest BCUT2D eigenvalue weighted by atomic mass is 10.1. The summed E-state index contributed by atoms with van der Waals surface area (Å²) in [5.41, 5.74) is 3.09. The number of hydrogen-bond donors (Lipinski definition) is 1. The predicted molar refractivity (Wildman–Crippen MR) is 85.9 cm³/mol. The van der Waals surface area contributed by atoms with Gasteiger partial charge in [0.2, 0.25) is 0 Å². The highest BCUT2D eigenvalue weighted by Crippen LogP contribution is 2.04. The zero-order valence-corrected chi connectivity index (χ0v) is 12.9. The molecular formula is C18H20N2O2. The van der Waals surface area contributed by atoms with Gasteiger partial charge in [0.15, 0.2) is 0 Å². The third-order valence-electron chi connectivity index (χ3n) is 3.34. The summed E-state index contributed by atoms with van der Waals surface area (Å²) < 4.78 is 0. The van der Waals surface area contributed by atoms with Crippen molar-refractivity contribution in [3.63, 3.8) is 0 Å². The van der Waals surface area contributed by atoms with Crippen molar-refractivity contribution >= 4 is 11.8 Å². The monoisotopic (exact) mass is 296 g/mol. The second kappa shape index (κ2) is 7.41. The van der Waals surface area contributed by atoms with Gasteiger partial charge in [0.05, 0.1) is 0 Å². The molecule has 2 rings (SSSR count). The van der Waals surface area contributed by atoms with E-state index in [1.54, 1.807) is 7.05 Å². The summed E-state index contributed by atoms with van der Waals surface area (Å²) in [6.07, 6.45) is 0. The van der Waals surface area contributed by atoms with Crippen LogP contribution in [0.2, 0.25) is 0 Å². The number of rotatable bonds is 4. The highest BCUT2D eigenvalue weighted by molar-refractivity contribution is 6.34. The van der Waals surface area contributed by atoms with Crippen molar-refractivity contribution in [2.45, 2.75) is 20.0 Å². The van der Waals surface area contributed by atoms with Gasteiger partial charge in [0.1, 0.15) is 0 Å². The summed E-state index contributed by atoms with van der Waals surface area (Å²) in [6.45, 7) is 2.76. The average molecular weight is 296 g/mol. The number of nitrogens with one attached hydrogen (secondary N) is 1. The molecule has 0 bridgehead atoms. The molecule has 22 heavy (non-hydrogen) atoms. The number of likely N-dealkylation sites (N-methyl/N-ethyl adjacent to an activating group) is 1. The molecule has 0 aromatic heterocycles. The largest absolute Gasteiger partial charge is 0.344 e. The minimum atomic E-state index is -0.583. The zero-order valence-electron chi connectivity index (χ0n) is 12.9. The van der Waals surface area contributed by atoms with E-state index in [1.165, 1.54) is 4.90 Å². The molecule has 0 atom stereocenters. The molecule has 1 N–H and O–H groups in total. The maximum Gasteiger partial charge on any atom is 0.311 e. The van der Waals surface area contributed by atoms with Crippen LogP contribution in [0, 0.1) is 6.92 Å². The lowest BCUT2D eigenvalue weighted by molar-refractivity contribution is -0.145. The van der Waals surface area contributed by atoms with Gasteiger partial charge in [0.25, 0.3) is 0 Å². The number of amides is 2. The standard InChI is InChI=1S/C18H20N2O2/c1-14-7-6-10-16(11-14)12-19-17(21)18(22)20(2)13-15-8-4-3-5-9-15/h3-11H,12-13H2,1-2H3,(H,19,21). The van der Waals surface area contributed by atoms with Crippen molar-refractivity contribution < 1.29 is 9.59 Å². The summed E-state index contributed by atoms with van der Waals surface area (Å²) in [7, 11) is 1.63. The van der Waals surface area contributed by atoms with Crippen LogP contribution in [0.25, 0.3) is 0 Å². The molecule has 0 saturated carbocycles. The van der Waals surface area contributed by atoms with E-state index in [0.717, 1.165) is 16.7 Å². The fourth-order valence-corrected chi connectivity index (χ4v) is 2.18. The highest BCUT2D eigenvalue weighted by atomic mass is 16.2. The molecule has 114 valence electrons. The smallest absolute Gasteiger partial charge is 0.311 e. The summed E-state index contributed by atoms with van der Waals surface area (Å²) >= 11 is 0. The summed E-state index contributed by atoms with van der Waals surface area (Å²) in [6, 6.07) is 17.4. The van der Waals surface area contributed by atoms with Gasteiger partial charge in [-0.3, -0.25) is 9.59 Å². The Morgan fingerprint density at radius 1 is 1.00 bits per heavy atom. The number of carbonyl (C=O) groups excluding carboxylic acids is 2. The Morgan fingerprint density at radius 2 is 1.68 bits per heavy atom. The van der Waals surface area contributed by atoms with Crippen LogP contribution in [0.5, 0.6) is 0 Å². The Kier molecular flexibility index (Phi) is 5.31. The number of carbonyl (C=O) groups is 2. The molecule has 0 saturated heterocycles. The predicted octanol–water partition coefficient (Wildman–Crippen LogP) is 2.27. The molecule has 2 amide bonds. The highest BCUT2D eigenvalue weighted by Gasteiger charge is 2.18. The molecule has 0 fully saturated rings. The maximum atomic E-state index is 12.0. The second-order valence-corrected chi connectivity index (χ2v) is 5.32. The molecule has 0 aliphatic heterocycles. The topological polar surface area (TPSA) is 49.4 Å². The van der Waals surface area contributed by atoms with Gasteiger partial charge in [0, 0.05) is 20.1 Å². The minimum absolute atomic E-state index is 0.353. The van der Waals surface area contributed by atoms with Gasteiger partial charge in [-0.2, -0.15) is 0 Å². The minimum Gasteiger partial charge on any atom is -0.344 e. The number of benzene rings is 2. The van der Waals surface area contributed by atoms with Gasteiger partial charge in [-0.05, 0) is 18.1 Å². The van der Waals surface area contributed by atoms with Gasteiger partial charge in [-0.1, -0.05) is 60.2 Å². The maximum absolute atomic E-state index is 12.0. The number of hydrogen-bond acceptors (Lipinski definition) is 2. The Bertz CT molecular complexity index is 653. The van der Waals surface area contributed by atoms with Crippen molar-refractivity contribution in [3.05, 3.63) is 71.3 Å². The van der Waals surface area contributed by atoms with E-state index in [2.05, 4.69) is 5.32 Å².